The molecule has 0 aliphatic rings. The fourth-order valence-corrected chi connectivity index (χ4v) is 3.56. The Hall–Kier alpha value is -3.45. The van der Waals surface area contributed by atoms with Gasteiger partial charge in [-0.15, -0.1) is 0 Å². The van der Waals surface area contributed by atoms with Crippen LogP contribution >= 0.6 is 11.6 Å². The van der Waals surface area contributed by atoms with Crippen molar-refractivity contribution in [3.05, 3.63) is 71.5 Å². The van der Waals surface area contributed by atoms with Crippen LogP contribution in [0, 0.1) is 6.92 Å². The molecule has 0 bridgehead atoms. The van der Waals surface area contributed by atoms with E-state index >= 15 is 0 Å². The molecule has 0 spiro atoms. The van der Waals surface area contributed by atoms with Gasteiger partial charge in [-0.1, -0.05) is 23.7 Å². The summed E-state index contributed by atoms with van der Waals surface area (Å²) in [6.07, 6.45) is 9.33. The monoisotopic (exact) mass is 403 g/mol. The Kier molecular flexibility index (Phi) is 4.17. The number of nitrogens with zero attached hydrogens (tertiary/aromatic N) is 5. The molecular formula is C21H18ClN7. The Morgan fingerprint density at radius 1 is 1.07 bits per heavy atom. The van der Waals surface area contributed by atoms with Crippen molar-refractivity contribution in [2.45, 2.75) is 19.9 Å². The molecule has 4 heterocycles. The van der Waals surface area contributed by atoms with Gasteiger partial charge in [0.05, 0.1) is 30.3 Å². The van der Waals surface area contributed by atoms with E-state index in [4.69, 9.17) is 16.6 Å². The first-order valence-corrected chi connectivity index (χ1v) is 9.62. The average molecular weight is 404 g/mol. The number of aromatic nitrogens is 7. The van der Waals surface area contributed by atoms with Crippen molar-refractivity contribution >= 4 is 22.8 Å². The van der Waals surface area contributed by atoms with Crippen molar-refractivity contribution in [3.63, 3.8) is 0 Å². The molecule has 1 aromatic carbocycles. The van der Waals surface area contributed by atoms with Crippen molar-refractivity contribution in [1.82, 2.24) is 34.9 Å². The summed E-state index contributed by atoms with van der Waals surface area (Å²) in [4.78, 5) is 12.6. The predicted octanol–water partition coefficient (Wildman–Crippen LogP) is 4.78. The van der Waals surface area contributed by atoms with Gasteiger partial charge < -0.3 is 4.98 Å². The highest BCUT2D eigenvalue weighted by atomic mass is 35.5. The zero-order valence-electron chi connectivity index (χ0n) is 15.9. The van der Waals surface area contributed by atoms with E-state index in [1.807, 2.05) is 54.5 Å². The lowest BCUT2D eigenvalue weighted by Gasteiger charge is -2.12. The molecule has 144 valence electrons. The van der Waals surface area contributed by atoms with E-state index in [1.54, 1.807) is 12.4 Å². The minimum Gasteiger partial charge on any atom is -0.344 e. The molecule has 2 N–H and O–H groups in total. The Labute approximate surface area is 171 Å². The van der Waals surface area contributed by atoms with Crippen molar-refractivity contribution in [2.75, 3.05) is 0 Å². The lowest BCUT2D eigenvalue weighted by molar-refractivity contribution is 0.565. The topological polar surface area (TPSA) is 88.1 Å². The van der Waals surface area contributed by atoms with E-state index in [0.29, 0.717) is 0 Å². The Bertz CT molecular complexity index is 1300. The molecule has 7 nitrogen and oxygen atoms in total. The van der Waals surface area contributed by atoms with Crippen LogP contribution in [0.4, 0.5) is 0 Å². The normalized spacial score (nSPS) is 12.5. The van der Waals surface area contributed by atoms with Crippen LogP contribution < -0.4 is 0 Å². The lowest BCUT2D eigenvalue weighted by Crippen LogP contribution is -2.06. The van der Waals surface area contributed by atoms with Crippen LogP contribution in [-0.4, -0.2) is 34.9 Å². The molecule has 0 aliphatic heterocycles. The van der Waals surface area contributed by atoms with E-state index in [0.717, 1.165) is 49.8 Å². The van der Waals surface area contributed by atoms with Gasteiger partial charge >= 0.3 is 0 Å². The summed E-state index contributed by atoms with van der Waals surface area (Å²) in [5.41, 5.74) is 7.31. The number of aryl methyl sites for hydroxylation is 1. The number of hydrogen-bond donors (Lipinski definition) is 2. The number of nitrogens with one attached hydrogen (secondary N) is 2. The van der Waals surface area contributed by atoms with Crippen LogP contribution in [0.15, 0.2) is 55.2 Å². The molecular weight excluding hydrogens is 386 g/mol. The second kappa shape index (κ2) is 6.86. The van der Waals surface area contributed by atoms with E-state index < -0.39 is 0 Å². The first-order chi connectivity index (χ1) is 14.1. The third-order valence-corrected chi connectivity index (χ3v) is 5.40. The van der Waals surface area contributed by atoms with Gasteiger partial charge in [0.1, 0.15) is 5.52 Å². The highest BCUT2D eigenvalue weighted by Gasteiger charge is 2.15. The second-order valence-corrected chi connectivity index (χ2v) is 7.44. The van der Waals surface area contributed by atoms with Crippen molar-refractivity contribution < 1.29 is 0 Å². The van der Waals surface area contributed by atoms with E-state index in [9.17, 15) is 0 Å². The summed E-state index contributed by atoms with van der Waals surface area (Å²) in [7, 11) is 0. The number of rotatable bonds is 4. The molecule has 0 radical (unpaired) electrons. The van der Waals surface area contributed by atoms with E-state index in [1.165, 1.54) is 0 Å². The third-order valence-electron chi connectivity index (χ3n) is 5.15. The van der Waals surface area contributed by atoms with Crippen LogP contribution in [0.1, 0.15) is 24.2 Å². The van der Waals surface area contributed by atoms with Crippen LogP contribution in [0.25, 0.3) is 33.5 Å². The minimum atomic E-state index is 0.0847. The standard InChI is InChI=1S/C21H18ClN7/c1-12-17(9-25-28-12)19-10-24-21-20(27-19)18(8-23-21)15-7-26-29(11-15)13(2)14-3-5-16(22)6-4-14/h3-11,13H,1-2H3,(H,23,24)(H,25,28). The molecule has 5 rings (SSSR count). The maximum Gasteiger partial charge on any atom is 0.156 e. The average Bonchev–Trinajstić information content (AvgIpc) is 3.46. The van der Waals surface area contributed by atoms with Gasteiger partial charge in [-0.25, -0.2) is 9.97 Å². The van der Waals surface area contributed by atoms with Crippen molar-refractivity contribution in [1.29, 1.82) is 0 Å². The predicted molar refractivity (Wildman–Crippen MR) is 113 cm³/mol. The van der Waals surface area contributed by atoms with Gasteiger partial charge in [0.25, 0.3) is 0 Å². The van der Waals surface area contributed by atoms with Gasteiger partial charge in [0.15, 0.2) is 5.65 Å². The van der Waals surface area contributed by atoms with E-state index in [-0.39, 0.29) is 6.04 Å². The second-order valence-electron chi connectivity index (χ2n) is 7.00. The molecule has 0 amide bonds. The molecule has 0 aliphatic carbocycles. The molecule has 0 fully saturated rings. The lowest BCUT2D eigenvalue weighted by atomic mass is 10.1. The SMILES string of the molecule is Cc1[nH]ncc1-c1cnc2[nH]cc(-c3cnn(C(C)c4ccc(Cl)cc4)c3)c2n1. The number of fused-ring (bicyclic) bond motifs is 1. The third kappa shape index (κ3) is 3.09. The highest BCUT2D eigenvalue weighted by molar-refractivity contribution is 6.30. The van der Waals surface area contributed by atoms with Crippen LogP contribution in [-0.2, 0) is 0 Å². The molecule has 8 heteroatoms. The van der Waals surface area contributed by atoms with Gasteiger partial charge in [-0.3, -0.25) is 9.78 Å². The summed E-state index contributed by atoms with van der Waals surface area (Å²) >= 11 is 6.00. The zero-order chi connectivity index (χ0) is 20.0. The van der Waals surface area contributed by atoms with Crippen LogP contribution in [0.2, 0.25) is 5.02 Å². The smallest absolute Gasteiger partial charge is 0.156 e. The van der Waals surface area contributed by atoms with Gasteiger partial charge in [-0.05, 0) is 31.5 Å². The molecule has 0 saturated heterocycles. The summed E-state index contributed by atoms with van der Waals surface area (Å²) in [6, 6.07) is 7.91. The van der Waals surface area contributed by atoms with Crippen LogP contribution in [0.3, 0.4) is 0 Å². The van der Waals surface area contributed by atoms with Gasteiger partial charge in [-0.2, -0.15) is 10.2 Å². The number of aromatic amines is 2. The maximum absolute atomic E-state index is 6.00. The Morgan fingerprint density at radius 3 is 2.66 bits per heavy atom. The molecule has 0 saturated carbocycles. The largest absolute Gasteiger partial charge is 0.344 e. The molecule has 1 unspecified atom stereocenters. The van der Waals surface area contributed by atoms with E-state index in [2.05, 4.69) is 32.2 Å². The molecule has 1 atom stereocenters. The fourth-order valence-electron chi connectivity index (χ4n) is 3.43. The molecule has 4 aromatic heterocycles. The number of H-pyrrole nitrogens is 2. The molecule has 29 heavy (non-hydrogen) atoms. The van der Waals surface area contributed by atoms with Crippen molar-refractivity contribution in [2.24, 2.45) is 0 Å². The maximum atomic E-state index is 6.00. The zero-order valence-corrected chi connectivity index (χ0v) is 16.6. The summed E-state index contributed by atoms with van der Waals surface area (Å²) < 4.78 is 1.94. The fraction of sp³-hybridized carbons (Fsp3) is 0.143. The van der Waals surface area contributed by atoms with Crippen LogP contribution in [0.5, 0.6) is 0 Å². The van der Waals surface area contributed by atoms with Crippen molar-refractivity contribution in [3.8, 4) is 22.4 Å². The Morgan fingerprint density at radius 2 is 1.90 bits per heavy atom. The minimum absolute atomic E-state index is 0.0847. The number of halogens is 1. The van der Waals surface area contributed by atoms with Gasteiger partial charge in [0.2, 0.25) is 0 Å². The summed E-state index contributed by atoms with van der Waals surface area (Å²) in [6.45, 7) is 4.07. The quantitative estimate of drug-likeness (QED) is 0.452. The highest BCUT2D eigenvalue weighted by Crippen LogP contribution is 2.30. The molecule has 5 aromatic rings. The first kappa shape index (κ1) is 17.6. The van der Waals surface area contributed by atoms with Gasteiger partial charge in [0, 0.05) is 39.8 Å². The summed E-state index contributed by atoms with van der Waals surface area (Å²) in [5, 5.41) is 12.3. The Balaban J connectivity index is 1.53. The summed E-state index contributed by atoms with van der Waals surface area (Å²) in [5.74, 6) is 0. The number of hydrogen-bond acceptors (Lipinski definition) is 4. The first-order valence-electron chi connectivity index (χ1n) is 9.24. The number of benzene rings is 1.